The molecule has 0 radical (unpaired) electrons. The van der Waals surface area contributed by atoms with E-state index in [1.165, 1.54) is 6.21 Å². The van der Waals surface area contributed by atoms with Gasteiger partial charge < -0.3 is 10.2 Å². The first kappa shape index (κ1) is 18.9. The topological polar surface area (TPSA) is 50.7 Å². The first-order valence-electron chi connectivity index (χ1n) is 6.79. The number of hydrogen-bond acceptors (Lipinski definition) is 3. The van der Waals surface area contributed by atoms with Crippen LogP contribution in [0.1, 0.15) is 12.0 Å². The monoisotopic (exact) mass is 404 g/mol. The number of carbonyl (C=O) groups excluding carboxylic acids is 1. The van der Waals surface area contributed by atoms with Crippen LogP contribution >= 0.6 is 46.4 Å². The summed E-state index contributed by atoms with van der Waals surface area (Å²) in [5, 5.41) is 8.15. The molecule has 8 heteroatoms. The zero-order valence-electron chi connectivity index (χ0n) is 12.2. The first-order valence-corrected chi connectivity index (χ1v) is 8.30. The van der Waals surface area contributed by atoms with Crippen molar-refractivity contribution in [1.29, 1.82) is 0 Å². The fraction of sp³-hybridized carbons (Fsp3) is 0.125. The van der Waals surface area contributed by atoms with E-state index < -0.39 is 0 Å². The molecule has 0 saturated heterocycles. The van der Waals surface area contributed by atoms with Gasteiger partial charge in [0.2, 0.25) is 5.91 Å². The van der Waals surface area contributed by atoms with Crippen molar-refractivity contribution >= 4 is 64.2 Å². The number of hydrogen-bond donors (Lipinski definition) is 1. The van der Waals surface area contributed by atoms with E-state index in [0.29, 0.717) is 31.3 Å². The van der Waals surface area contributed by atoms with E-state index in [-0.39, 0.29) is 18.9 Å². The number of nitrogens with zero attached hydrogens (tertiary/aromatic N) is 1. The smallest absolute Gasteiger partial charge is 0.229 e. The quantitative estimate of drug-likeness (QED) is 0.485. The van der Waals surface area contributed by atoms with Crippen molar-refractivity contribution in [2.75, 3.05) is 5.32 Å². The van der Waals surface area contributed by atoms with Gasteiger partial charge in [-0.25, -0.2) is 0 Å². The predicted molar refractivity (Wildman–Crippen MR) is 99.5 cm³/mol. The summed E-state index contributed by atoms with van der Waals surface area (Å²) in [5.74, 6) is -0.267. The third kappa shape index (κ3) is 5.56. The highest BCUT2D eigenvalue weighted by Gasteiger charge is 2.06. The largest absolute Gasteiger partial charge is 0.391 e. The molecule has 0 aliphatic rings. The molecule has 0 unspecified atom stereocenters. The number of amides is 1. The Morgan fingerprint density at radius 2 is 1.75 bits per heavy atom. The molecule has 1 amide bonds. The predicted octanol–water partition coefficient (Wildman–Crippen LogP) is 5.83. The van der Waals surface area contributed by atoms with Gasteiger partial charge in [0, 0.05) is 21.3 Å². The maximum Gasteiger partial charge on any atom is 0.229 e. The fourth-order valence-electron chi connectivity index (χ4n) is 1.73. The van der Waals surface area contributed by atoms with Crippen molar-refractivity contribution in [1.82, 2.24) is 0 Å². The molecule has 0 aliphatic carbocycles. The summed E-state index contributed by atoms with van der Waals surface area (Å²) in [6, 6.07) is 9.98. The average molecular weight is 406 g/mol. The second kappa shape index (κ2) is 9.14. The van der Waals surface area contributed by atoms with Gasteiger partial charge in [0.25, 0.3) is 0 Å². The standard InChI is InChI=1S/C16H12Cl4N2O2/c17-12-2-1-3-13(18)11(12)9-24-21-7-6-16(23)22-10-4-5-14(19)15(20)8-10/h1-5,7-8H,6,9H2,(H,22,23)/b21-7-. The van der Waals surface area contributed by atoms with Gasteiger partial charge in [-0.1, -0.05) is 57.6 Å². The van der Waals surface area contributed by atoms with E-state index in [0.717, 1.165) is 0 Å². The lowest BCUT2D eigenvalue weighted by atomic mass is 10.2. The van der Waals surface area contributed by atoms with Crippen molar-refractivity contribution in [2.45, 2.75) is 13.0 Å². The Kier molecular flexibility index (Phi) is 7.18. The zero-order chi connectivity index (χ0) is 17.5. The summed E-state index contributed by atoms with van der Waals surface area (Å²) in [7, 11) is 0. The minimum Gasteiger partial charge on any atom is -0.391 e. The van der Waals surface area contributed by atoms with Gasteiger partial charge in [-0.15, -0.1) is 0 Å². The maximum atomic E-state index is 11.8. The minimum atomic E-state index is -0.267. The third-order valence-electron chi connectivity index (χ3n) is 2.90. The van der Waals surface area contributed by atoms with Gasteiger partial charge in [-0.2, -0.15) is 0 Å². The van der Waals surface area contributed by atoms with Gasteiger partial charge in [-0.05, 0) is 30.3 Å². The molecule has 0 saturated carbocycles. The lowest BCUT2D eigenvalue weighted by molar-refractivity contribution is -0.115. The summed E-state index contributed by atoms with van der Waals surface area (Å²) in [6.07, 6.45) is 1.38. The van der Waals surface area contributed by atoms with Crippen LogP contribution in [-0.2, 0) is 16.2 Å². The fourth-order valence-corrected chi connectivity index (χ4v) is 2.54. The van der Waals surface area contributed by atoms with Gasteiger partial charge in [0.1, 0.15) is 6.61 Å². The zero-order valence-corrected chi connectivity index (χ0v) is 15.3. The van der Waals surface area contributed by atoms with Gasteiger partial charge in [0.15, 0.2) is 0 Å². The van der Waals surface area contributed by atoms with E-state index >= 15 is 0 Å². The number of nitrogens with one attached hydrogen (secondary N) is 1. The van der Waals surface area contributed by atoms with E-state index in [1.54, 1.807) is 36.4 Å². The van der Waals surface area contributed by atoms with Gasteiger partial charge in [0.05, 0.1) is 22.7 Å². The van der Waals surface area contributed by atoms with Crippen molar-refractivity contribution < 1.29 is 9.63 Å². The molecular weight excluding hydrogens is 394 g/mol. The average Bonchev–Trinajstić information content (AvgIpc) is 2.53. The lowest BCUT2D eigenvalue weighted by Gasteiger charge is -2.05. The second-order valence-corrected chi connectivity index (χ2v) is 6.27. The molecule has 2 rings (SSSR count). The molecule has 0 atom stereocenters. The third-order valence-corrected chi connectivity index (χ3v) is 4.35. The molecule has 0 heterocycles. The molecule has 4 nitrogen and oxygen atoms in total. The number of oxime groups is 1. The van der Waals surface area contributed by atoms with E-state index in [2.05, 4.69) is 10.5 Å². The van der Waals surface area contributed by atoms with Crippen molar-refractivity contribution in [3.8, 4) is 0 Å². The molecule has 0 spiro atoms. The molecule has 0 bridgehead atoms. The second-order valence-electron chi connectivity index (χ2n) is 4.64. The molecule has 0 aliphatic heterocycles. The Bertz CT molecular complexity index is 745. The Hall–Kier alpha value is -1.46. The van der Waals surface area contributed by atoms with Crippen LogP contribution < -0.4 is 5.32 Å². The molecule has 126 valence electrons. The van der Waals surface area contributed by atoms with Crippen LogP contribution in [0.5, 0.6) is 0 Å². The molecule has 24 heavy (non-hydrogen) atoms. The Balaban J connectivity index is 1.79. The van der Waals surface area contributed by atoms with Gasteiger partial charge in [-0.3, -0.25) is 4.79 Å². The normalized spacial score (nSPS) is 10.8. The highest BCUT2D eigenvalue weighted by molar-refractivity contribution is 6.42. The highest BCUT2D eigenvalue weighted by atomic mass is 35.5. The van der Waals surface area contributed by atoms with Crippen LogP contribution in [0.3, 0.4) is 0 Å². The van der Waals surface area contributed by atoms with Crippen molar-refractivity contribution in [3.05, 3.63) is 62.1 Å². The SMILES string of the molecule is O=C(C/C=N\OCc1c(Cl)cccc1Cl)Nc1ccc(Cl)c(Cl)c1. The summed E-state index contributed by atoms with van der Waals surface area (Å²) in [4.78, 5) is 16.9. The number of benzene rings is 2. The van der Waals surface area contributed by atoms with Gasteiger partial charge >= 0.3 is 0 Å². The van der Waals surface area contributed by atoms with Crippen molar-refractivity contribution in [3.63, 3.8) is 0 Å². The highest BCUT2D eigenvalue weighted by Crippen LogP contribution is 2.25. The Morgan fingerprint density at radius 1 is 1.04 bits per heavy atom. The summed E-state index contributed by atoms with van der Waals surface area (Å²) in [5.41, 5.74) is 1.19. The lowest BCUT2D eigenvalue weighted by Crippen LogP contribution is -2.11. The van der Waals surface area contributed by atoms with Crippen LogP contribution in [0.25, 0.3) is 0 Å². The van der Waals surface area contributed by atoms with E-state index in [9.17, 15) is 4.79 Å². The van der Waals surface area contributed by atoms with E-state index in [4.69, 9.17) is 51.2 Å². The summed E-state index contributed by atoms with van der Waals surface area (Å²) >= 11 is 23.7. The molecule has 2 aromatic carbocycles. The molecular formula is C16H12Cl4N2O2. The molecule has 0 fully saturated rings. The summed E-state index contributed by atoms with van der Waals surface area (Å²) in [6.45, 7) is 0.115. The first-order chi connectivity index (χ1) is 11.5. The van der Waals surface area contributed by atoms with Crippen molar-refractivity contribution in [2.24, 2.45) is 5.16 Å². The number of halogens is 4. The Labute approximate surface area is 159 Å². The van der Waals surface area contributed by atoms with Crippen LogP contribution in [0.4, 0.5) is 5.69 Å². The number of carbonyl (C=O) groups is 1. The van der Waals surface area contributed by atoms with E-state index in [1.807, 2.05) is 0 Å². The number of rotatable bonds is 6. The molecule has 1 N–H and O–H groups in total. The molecule has 2 aromatic rings. The number of anilines is 1. The summed E-state index contributed by atoms with van der Waals surface area (Å²) < 4.78 is 0. The van der Waals surface area contributed by atoms with Crippen LogP contribution in [0, 0.1) is 0 Å². The minimum absolute atomic E-state index is 0.0382. The van der Waals surface area contributed by atoms with Crippen LogP contribution in [-0.4, -0.2) is 12.1 Å². The van der Waals surface area contributed by atoms with Crippen LogP contribution in [0.15, 0.2) is 41.6 Å². The van der Waals surface area contributed by atoms with Crippen LogP contribution in [0.2, 0.25) is 20.1 Å². The Morgan fingerprint density at radius 3 is 2.42 bits per heavy atom. The maximum absolute atomic E-state index is 11.8. The molecule has 0 aromatic heterocycles.